The molecule has 0 radical (unpaired) electrons. The van der Waals surface area contributed by atoms with Gasteiger partial charge in [0, 0.05) is 18.7 Å². The lowest BCUT2D eigenvalue weighted by molar-refractivity contribution is 0.573. The number of aryl methyl sites for hydroxylation is 1. The van der Waals surface area contributed by atoms with Gasteiger partial charge in [-0.15, -0.1) is 0 Å². The number of hydrogen-bond donors (Lipinski definition) is 1. The van der Waals surface area contributed by atoms with E-state index in [1.54, 1.807) is 0 Å². The van der Waals surface area contributed by atoms with Gasteiger partial charge in [-0.3, -0.25) is 0 Å². The van der Waals surface area contributed by atoms with E-state index in [-0.39, 0.29) is 11.4 Å². The van der Waals surface area contributed by atoms with Gasteiger partial charge in [0.25, 0.3) is 0 Å². The number of aromatic nitrogens is 1. The number of benzene rings is 1. The van der Waals surface area contributed by atoms with Crippen molar-refractivity contribution in [2.45, 2.75) is 38.5 Å². The van der Waals surface area contributed by atoms with Crippen LogP contribution in [0, 0.1) is 40.9 Å². The molecule has 0 spiro atoms. The van der Waals surface area contributed by atoms with E-state index in [0.717, 1.165) is 43.5 Å². The summed E-state index contributed by atoms with van der Waals surface area (Å²) in [6, 6.07) is 14.5. The summed E-state index contributed by atoms with van der Waals surface area (Å²) >= 11 is 0. The highest BCUT2D eigenvalue weighted by molar-refractivity contribution is 5.70. The van der Waals surface area contributed by atoms with Crippen molar-refractivity contribution >= 4 is 11.6 Å². The summed E-state index contributed by atoms with van der Waals surface area (Å²) in [7, 11) is 0. The fourth-order valence-electron chi connectivity index (χ4n) is 3.69. The average molecular weight is 370 g/mol. The number of pyridine rings is 1. The van der Waals surface area contributed by atoms with Crippen LogP contribution in [-0.4, -0.2) is 18.1 Å². The zero-order valence-corrected chi connectivity index (χ0v) is 15.9. The molecule has 1 aromatic heterocycles. The Morgan fingerprint density at radius 3 is 2.25 bits per heavy atom. The van der Waals surface area contributed by atoms with Gasteiger partial charge >= 0.3 is 0 Å². The van der Waals surface area contributed by atoms with E-state index in [9.17, 15) is 15.8 Å². The third-order valence-electron chi connectivity index (χ3n) is 5.19. The second-order valence-corrected chi connectivity index (χ2v) is 7.13. The normalized spacial score (nSPS) is 14.6. The number of nitriles is 3. The Kier molecular flexibility index (Phi) is 5.78. The molecule has 0 bridgehead atoms. The lowest BCUT2D eigenvalue weighted by Crippen LogP contribution is -2.31. The van der Waals surface area contributed by atoms with Crippen LogP contribution in [0.2, 0.25) is 0 Å². The highest BCUT2D eigenvalue weighted by atomic mass is 15.2. The molecule has 1 aromatic carbocycles. The molecule has 3 rings (SSSR count). The summed E-state index contributed by atoms with van der Waals surface area (Å²) in [5.74, 6) is -0.0695. The first-order chi connectivity index (χ1) is 13.6. The maximum atomic E-state index is 9.91. The Bertz CT molecular complexity index is 982. The van der Waals surface area contributed by atoms with Gasteiger partial charge in [-0.05, 0) is 38.2 Å². The Morgan fingerprint density at radius 2 is 1.68 bits per heavy atom. The first kappa shape index (κ1) is 19.2. The van der Waals surface area contributed by atoms with Crippen LogP contribution >= 0.6 is 0 Å². The smallest absolute Gasteiger partial charge is 0.149 e. The molecule has 1 saturated heterocycles. The zero-order valence-electron chi connectivity index (χ0n) is 15.9. The minimum absolute atomic E-state index is 0.0845. The van der Waals surface area contributed by atoms with E-state index >= 15 is 0 Å². The fraction of sp³-hybridized carbons (Fsp3) is 0.364. The maximum absolute atomic E-state index is 9.91. The first-order valence-corrected chi connectivity index (χ1v) is 9.42. The van der Waals surface area contributed by atoms with Crippen molar-refractivity contribution in [1.29, 1.82) is 15.8 Å². The van der Waals surface area contributed by atoms with Crippen LogP contribution < -0.4 is 10.6 Å². The molecule has 0 saturated carbocycles. The van der Waals surface area contributed by atoms with Gasteiger partial charge in [-0.2, -0.15) is 15.8 Å². The lowest BCUT2D eigenvalue weighted by Gasteiger charge is -2.30. The molecular weight excluding hydrogens is 348 g/mol. The van der Waals surface area contributed by atoms with Gasteiger partial charge in [0.2, 0.25) is 0 Å². The van der Waals surface area contributed by atoms with Crippen LogP contribution in [0.25, 0.3) is 0 Å². The van der Waals surface area contributed by atoms with Crippen molar-refractivity contribution in [1.82, 2.24) is 4.98 Å². The third-order valence-corrected chi connectivity index (χ3v) is 5.19. The summed E-state index contributed by atoms with van der Waals surface area (Å²) in [5.41, 5.74) is 9.03. The molecule has 0 unspecified atom stereocenters. The summed E-state index contributed by atoms with van der Waals surface area (Å²) in [4.78, 5) is 6.43. The second kappa shape index (κ2) is 8.42. The van der Waals surface area contributed by atoms with Crippen molar-refractivity contribution in [2.24, 2.45) is 0 Å². The van der Waals surface area contributed by atoms with Crippen molar-refractivity contribution < 1.29 is 0 Å². The zero-order chi connectivity index (χ0) is 20.1. The quantitative estimate of drug-likeness (QED) is 0.880. The predicted molar refractivity (Wildman–Crippen MR) is 107 cm³/mol. The maximum Gasteiger partial charge on any atom is 0.149 e. The minimum atomic E-state index is -0.652. The van der Waals surface area contributed by atoms with E-state index in [0.29, 0.717) is 23.4 Å². The van der Waals surface area contributed by atoms with Gasteiger partial charge in [-0.1, -0.05) is 29.8 Å². The molecule has 2 heterocycles. The van der Waals surface area contributed by atoms with Gasteiger partial charge in [-0.25, -0.2) is 4.98 Å². The molecule has 0 aliphatic carbocycles. The number of nitrogens with zero attached hydrogens (tertiary/aromatic N) is 5. The highest BCUT2D eigenvalue weighted by Gasteiger charge is 2.28. The topological polar surface area (TPSA) is 114 Å². The number of hydrogen-bond acceptors (Lipinski definition) is 6. The molecule has 1 aliphatic rings. The molecule has 0 amide bonds. The van der Waals surface area contributed by atoms with Crippen molar-refractivity contribution in [3.05, 3.63) is 52.1 Å². The monoisotopic (exact) mass is 370 g/mol. The average Bonchev–Trinajstić information content (AvgIpc) is 2.73. The second-order valence-electron chi connectivity index (χ2n) is 7.13. The fourth-order valence-corrected chi connectivity index (χ4v) is 3.69. The number of anilines is 2. The molecule has 140 valence electrons. The molecule has 28 heavy (non-hydrogen) atoms. The minimum Gasteiger partial charge on any atom is -0.383 e. The number of rotatable bonds is 4. The van der Waals surface area contributed by atoms with E-state index in [2.05, 4.69) is 23.2 Å². The van der Waals surface area contributed by atoms with Crippen LogP contribution in [0.15, 0.2) is 24.3 Å². The number of nitrogens with two attached hydrogens (primary N) is 1. The number of piperidine rings is 1. The summed E-state index contributed by atoms with van der Waals surface area (Å²) in [5, 5.41) is 29.5. The highest BCUT2D eigenvalue weighted by Crippen LogP contribution is 2.35. The SMILES string of the molecule is Cc1ccc(C[C@@H](C#N)c2c(C#N)c(N)nc(N3CCCCC3)c2C#N)cc1. The van der Waals surface area contributed by atoms with Crippen LogP contribution in [0.4, 0.5) is 11.6 Å². The van der Waals surface area contributed by atoms with Gasteiger partial charge in [0.05, 0.1) is 12.0 Å². The number of nitrogen functional groups attached to an aromatic ring is 1. The van der Waals surface area contributed by atoms with E-state index < -0.39 is 5.92 Å². The van der Waals surface area contributed by atoms with Crippen LogP contribution in [0.1, 0.15) is 53.0 Å². The lowest BCUT2D eigenvalue weighted by atomic mass is 9.87. The summed E-state index contributed by atoms with van der Waals surface area (Å²) in [6.45, 7) is 3.59. The van der Waals surface area contributed by atoms with Crippen molar-refractivity contribution in [3.8, 4) is 18.2 Å². The Labute approximate surface area is 165 Å². The third kappa shape index (κ3) is 3.75. The summed E-state index contributed by atoms with van der Waals surface area (Å²) < 4.78 is 0. The Hall–Kier alpha value is -3.56. The molecular formula is C22H22N6. The van der Waals surface area contributed by atoms with Crippen molar-refractivity contribution in [3.63, 3.8) is 0 Å². The molecule has 1 fully saturated rings. The van der Waals surface area contributed by atoms with Gasteiger partial charge in [0.15, 0.2) is 0 Å². The first-order valence-electron chi connectivity index (χ1n) is 9.42. The molecule has 1 aliphatic heterocycles. The summed E-state index contributed by atoms with van der Waals surface area (Å²) in [6.07, 6.45) is 3.59. The standard InChI is InChI=1S/C22H22N6/c1-15-5-7-16(8-6-15)11-17(12-23)20-18(13-24)21(26)27-22(19(20)14-25)28-9-3-2-4-10-28/h5-8,17H,2-4,9-11H2,1H3,(H2,26,27)/t17-/m0/s1. The van der Waals surface area contributed by atoms with E-state index in [4.69, 9.17) is 5.73 Å². The van der Waals surface area contributed by atoms with Gasteiger partial charge in [0.1, 0.15) is 34.9 Å². The molecule has 2 N–H and O–H groups in total. The molecule has 6 nitrogen and oxygen atoms in total. The Morgan fingerprint density at radius 1 is 1.04 bits per heavy atom. The molecule has 2 aromatic rings. The van der Waals surface area contributed by atoms with Crippen LogP contribution in [0.3, 0.4) is 0 Å². The largest absolute Gasteiger partial charge is 0.383 e. The van der Waals surface area contributed by atoms with Crippen LogP contribution in [-0.2, 0) is 6.42 Å². The Balaban J connectivity index is 2.12. The van der Waals surface area contributed by atoms with Crippen molar-refractivity contribution in [2.75, 3.05) is 23.7 Å². The predicted octanol–water partition coefficient (Wildman–Crippen LogP) is 3.56. The van der Waals surface area contributed by atoms with Crippen LogP contribution in [0.5, 0.6) is 0 Å². The van der Waals surface area contributed by atoms with Gasteiger partial charge < -0.3 is 10.6 Å². The van der Waals surface area contributed by atoms with E-state index in [1.807, 2.05) is 36.1 Å². The van der Waals surface area contributed by atoms with E-state index in [1.165, 1.54) is 0 Å². The molecule has 1 atom stereocenters. The molecule has 6 heteroatoms.